The van der Waals surface area contributed by atoms with E-state index in [0.29, 0.717) is 24.8 Å². The molecular formula is C26H34N6O4S. The Kier molecular flexibility index (Phi) is 6.52. The highest BCUT2D eigenvalue weighted by molar-refractivity contribution is 7.21. The molecule has 1 spiro atoms. The first kappa shape index (κ1) is 24.9. The monoisotopic (exact) mass is 526 g/mol. The summed E-state index contributed by atoms with van der Waals surface area (Å²) in [6.07, 6.45) is 5.76. The second kappa shape index (κ2) is 9.70. The fraction of sp³-hybridized carbons (Fsp3) is 0.615. The highest BCUT2D eigenvalue weighted by Gasteiger charge is 2.43. The molecule has 6 rings (SSSR count). The van der Waals surface area contributed by atoms with Crippen LogP contribution in [-0.2, 0) is 4.74 Å². The van der Waals surface area contributed by atoms with Crippen molar-refractivity contribution in [2.24, 2.45) is 5.92 Å². The standard InChI is InChI=1S/C26H34N6O4S/c1-13-19(24-31-20-14(2)27-8-5-18(20)37-24)23(30-17-9-15(11-33)21(34)22(17)35)32-25(28-13)29-16-10-26(36-12-16)6-3-4-7-26/h5,8,15-17,21-22,33-35H,3-4,6-7,9-12H2,1-2H3,(H2,28,29,30,32). The minimum atomic E-state index is -1.02. The third-order valence-corrected chi connectivity index (χ3v) is 9.25. The van der Waals surface area contributed by atoms with E-state index < -0.39 is 24.2 Å². The van der Waals surface area contributed by atoms with Crippen molar-refractivity contribution in [2.75, 3.05) is 23.8 Å². The van der Waals surface area contributed by atoms with Crippen LogP contribution in [-0.4, -0.2) is 78.4 Å². The molecule has 4 heterocycles. The normalized spacial score (nSPS) is 28.9. The van der Waals surface area contributed by atoms with Crippen molar-refractivity contribution in [1.82, 2.24) is 19.9 Å². The van der Waals surface area contributed by atoms with Crippen LogP contribution >= 0.6 is 11.3 Å². The Bertz CT molecular complexity index is 1300. The van der Waals surface area contributed by atoms with Crippen molar-refractivity contribution in [1.29, 1.82) is 0 Å². The molecule has 3 aromatic heterocycles. The second-order valence-electron chi connectivity index (χ2n) is 10.8. The van der Waals surface area contributed by atoms with Crippen LogP contribution in [0.1, 0.15) is 49.9 Å². The average Bonchev–Trinajstić information content (AvgIpc) is 3.65. The third kappa shape index (κ3) is 4.57. The van der Waals surface area contributed by atoms with Gasteiger partial charge in [0, 0.05) is 18.7 Å². The SMILES string of the molecule is Cc1nc(NC2COC3(CCCC3)C2)nc(NC2CC(CO)C(O)C2O)c1-c1nc2c(C)nccc2s1. The molecule has 1 aliphatic heterocycles. The van der Waals surface area contributed by atoms with Gasteiger partial charge in [-0.2, -0.15) is 4.98 Å². The number of nitrogens with one attached hydrogen (secondary N) is 2. The van der Waals surface area contributed by atoms with E-state index in [1.165, 1.54) is 12.8 Å². The molecule has 0 aromatic carbocycles. The molecule has 5 atom stereocenters. The number of aliphatic hydroxyl groups excluding tert-OH is 3. The summed E-state index contributed by atoms with van der Waals surface area (Å²) in [5.41, 5.74) is 3.20. The quantitative estimate of drug-likeness (QED) is 0.325. The van der Waals surface area contributed by atoms with Crippen molar-refractivity contribution < 1.29 is 20.1 Å². The van der Waals surface area contributed by atoms with Gasteiger partial charge in [-0.15, -0.1) is 11.3 Å². The van der Waals surface area contributed by atoms with Gasteiger partial charge in [0.15, 0.2) is 0 Å². The summed E-state index contributed by atoms with van der Waals surface area (Å²) >= 11 is 1.55. The van der Waals surface area contributed by atoms with E-state index in [1.807, 2.05) is 19.9 Å². The second-order valence-corrected chi connectivity index (χ2v) is 11.8. The average molecular weight is 527 g/mol. The lowest BCUT2D eigenvalue weighted by Crippen LogP contribution is -2.36. The number of thiazole rings is 1. The smallest absolute Gasteiger partial charge is 0.225 e. The molecule has 198 valence electrons. The molecule has 3 fully saturated rings. The van der Waals surface area contributed by atoms with Gasteiger partial charge in [-0.1, -0.05) is 12.8 Å². The molecule has 3 aromatic rings. The minimum Gasteiger partial charge on any atom is -0.396 e. The van der Waals surface area contributed by atoms with E-state index in [9.17, 15) is 15.3 Å². The van der Waals surface area contributed by atoms with Crippen LogP contribution < -0.4 is 10.6 Å². The van der Waals surface area contributed by atoms with E-state index in [1.54, 1.807) is 17.5 Å². The van der Waals surface area contributed by atoms with E-state index in [2.05, 4.69) is 15.6 Å². The van der Waals surface area contributed by atoms with Crippen LogP contribution in [0.3, 0.4) is 0 Å². The lowest BCUT2D eigenvalue weighted by molar-refractivity contribution is 0.00446. The van der Waals surface area contributed by atoms with Gasteiger partial charge in [0.25, 0.3) is 0 Å². The number of pyridine rings is 1. The van der Waals surface area contributed by atoms with E-state index in [4.69, 9.17) is 19.7 Å². The van der Waals surface area contributed by atoms with Gasteiger partial charge in [0.1, 0.15) is 22.4 Å². The highest BCUT2D eigenvalue weighted by atomic mass is 32.1. The van der Waals surface area contributed by atoms with Crippen LogP contribution in [0.5, 0.6) is 0 Å². The summed E-state index contributed by atoms with van der Waals surface area (Å²) in [5.74, 6) is 0.646. The van der Waals surface area contributed by atoms with E-state index in [-0.39, 0.29) is 18.2 Å². The Labute approximate surface area is 219 Å². The number of nitrogens with zero attached hydrogens (tertiary/aromatic N) is 4. The van der Waals surface area contributed by atoms with Crippen LogP contribution in [0.15, 0.2) is 12.3 Å². The fourth-order valence-corrected chi connectivity index (χ4v) is 7.31. The maximum Gasteiger partial charge on any atom is 0.225 e. The lowest BCUT2D eigenvalue weighted by Gasteiger charge is -2.22. The van der Waals surface area contributed by atoms with Crippen LogP contribution in [0.4, 0.5) is 11.8 Å². The van der Waals surface area contributed by atoms with Crippen LogP contribution in [0.2, 0.25) is 0 Å². The van der Waals surface area contributed by atoms with E-state index >= 15 is 0 Å². The summed E-state index contributed by atoms with van der Waals surface area (Å²) in [6.45, 7) is 4.31. The number of hydrogen-bond acceptors (Lipinski definition) is 11. The molecule has 2 saturated carbocycles. The molecule has 2 aliphatic carbocycles. The Hall–Kier alpha value is -2.44. The molecule has 5 N–H and O–H groups in total. The van der Waals surface area contributed by atoms with Crippen molar-refractivity contribution in [3.63, 3.8) is 0 Å². The Morgan fingerprint density at radius 3 is 2.62 bits per heavy atom. The Morgan fingerprint density at radius 1 is 1.08 bits per heavy atom. The van der Waals surface area contributed by atoms with Crippen LogP contribution in [0.25, 0.3) is 20.8 Å². The number of fused-ring (bicyclic) bond motifs is 1. The first-order chi connectivity index (χ1) is 17.9. The van der Waals surface area contributed by atoms with Gasteiger partial charge in [0.2, 0.25) is 5.95 Å². The highest BCUT2D eigenvalue weighted by Crippen LogP contribution is 2.42. The largest absolute Gasteiger partial charge is 0.396 e. The predicted octanol–water partition coefficient (Wildman–Crippen LogP) is 2.79. The zero-order valence-corrected chi connectivity index (χ0v) is 22.0. The molecule has 0 amide bonds. The number of ether oxygens (including phenoxy) is 1. The Morgan fingerprint density at radius 2 is 1.89 bits per heavy atom. The fourth-order valence-electron chi connectivity index (χ4n) is 6.20. The summed E-state index contributed by atoms with van der Waals surface area (Å²) in [4.78, 5) is 18.9. The van der Waals surface area contributed by atoms with E-state index in [0.717, 1.165) is 51.4 Å². The molecule has 10 nitrogen and oxygen atoms in total. The third-order valence-electron chi connectivity index (χ3n) is 8.21. The maximum absolute atomic E-state index is 10.7. The van der Waals surface area contributed by atoms with Crippen LogP contribution in [0, 0.1) is 19.8 Å². The number of aromatic nitrogens is 4. The molecule has 0 radical (unpaired) electrons. The van der Waals surface area contributed by atoms with Gasteiger partial charge in [-0.05, 0) is 45.6 Å². The maximum atomic E-state index is 10.7. The number of aliphatic hydroxyl groups is 3. The first-order valence-electron chi connectivity index (χ1n) is 13.1. The summed E-state index contributed by atoms with van der Waals surface area (Å²) < 4.78 is 7.23. The van der Waals surface area contributed by atoms with Gasteiger partial charge in [0.05, 0.1) is 52.0 Å². The number of anilines is 2. The van der Waals surface area contributed by atoms with Crippen molar-refractivity contribution in [3.8, 4) is 10.6 Å². The lowest BCUT2D eigenvalue weighted by atomic mass is 9.96. The summed E-state index contributed by atoms with van der Waals surface area (Å²) in [5, 5.41) is 38.4. The van der Waals surface area contributed by atoms with Crippen molar-refractivity contribution in [3.05, 3.63) is 23.7 Å². The topological polar surface area (TPSA) is 146 Å². The van der Waals surface area contributed by atoms with Gasteiger partial charge in [-0.3, -0.25) is 4.98 Å². The van der Waals surface area contributed by atoms with Gasteiger partial charge >= 0.3 is 0 Å². The zero-order valence-electron chi connectivity index (χ0n) is 21.1. The molecule has 37 heavy (non-hydrogen) atoms. The number of hydrogen-bond donors (Lipinski definition) is 5. The molecule has 5 unspecified atom stereocenters. The predicted molar refractivity (Wildman–Crippen MR) is 142 cm³/mol. The van der Waals surface area contributed by atoms with Gasteiger partial charge < -0.3 is 30.7 Å². The summed E-state index contributed by atoms with van der Waals surface area (Å²) in [6, 6.07) is 1.61. The molecular weight excluding hydrogens is 492 g/mol. The van der Waals surface area contributed by atoms with Crippen molar-refractivity contribution >= 4 is 33.3 Å². The molecule has 11 heteroatoms. The molecule has 0 bridgehead atoms. The molecule has 1 saturated heterocycles. The summed E-state index contributed by atoms with van der Waals surface area (Å²) in [7, 11) is 0. The van der Waals surface area contributed by atoms with Gasteiger partial charge in [-0.25, -0.2) is 9.97 Å². The Balaban J connectivity index is 1.35. The van der Waals surface area contributed by atoms with Crippen molar-refractivity contribution in [2.45, 2.75) is 82.3 Å². The zero-order chi connectivity index (χ0) is 25.7. The minimum absolute atomic E-state index is 0.00990. The number of rotatable bonds is 6. The number of aryl methyl sites for hydroxylation is 2. The molecule has 3 aliphatic rings. The first-order valence-corrected chi connectivity index (χ1v) is 13.9.